The lowest BCUT2D eigenvalue weighted by molar-refractivity contribution is -0.141. The topological polar surface area (TPSA) is 83.4 Å². The number of aliphatic carboxylic acids is 1. The van der Waals surface area contributed by atoms with E-state index in [2.05, 4.69) is 9.97 Å². The van der Waals surface area contributed by atoms with Gasteiger partial charge in [0.1, 0.15) is 11.9 Å². The van der Waals surface area contributed by atoms with Gasteiger partial charge in [-0.15, -0.1) is 0 Å². The van der Waals surface area contributed by atoms with E-state index in [0.29, 0.717) is 12.2 Å². The highest BCUT2D eigenvalue weighted by Gasteiger charge is 2.48. The molecule has 1 aliphatic carbocycles. The number of carbonyl (C=O) groups excluding carboxylic acids is 1. The largest absolute Gasteiger partial charge is 0.480 e. The van der Waals surface area contributed by atoms with E-state index in [-0.39, 0.29) is 34.5 Å². The molecule has 1 aliphatic heterocycles. The van der Waals surface area contributed by atoms with Gasteiger partial charge in [0.25, 0.3) is 5.91 Å². The van der Waals surface area contributed by atoms with E-state index >= 15 is 0 Å². The molecule has 1 saturated carbocycles. The Balaban J connectivity index is 1.97. The SMILES string of the molecule is CC(C)c1ncc(Cl)c(C(=O)N2[C@@H]3CCCC[C@@H]3C[C@H]2C(=O)O)n1. The minimum atomic E-state index is -0.952. The summed E-state index contributed by atoms with van der Waals surface area (Å²) in [5.74, 6) is -0.480. The first-order valence-corrected chi connectivity index (χ1v) is 8.85. The second-order valence-electron chi connectivity index (χ2n) is 6.99. The van der Waals surface area contributed by atoms with Gasteiger partial charge in [0.2, 0.25) is 0 Å². The molecule has 0 radical (unpaired) electrons. The molecule has 0 bridgehead atoms. The second kappa shape index (κ2) is 6.67. The van der Waals surface area contributed by atoms with E-state index in [1.165, 1.54) is 11.1 Å². The normalized spacial score (nSPS) is 26.5. The van der Waals surface area contributed by atoms with Gasteiger partial charge in [0, 0.05) is 12.0 Å². The molecule has 24 heavy (non-hydrogen) atoms. The van der Waals surface area contributed by atoms with Crippen molar-refractivity contribution in [2.75, 3.05) is 0 Å². The van der Waals surface area contributed by atoms with E-state index in [0.717, 1.165) is 25.7 Å². The van der Waals surface area contributed by atoms with Crippen LogP contribution in [0.1, 0.15) is 68.2 Å². The Bertz CT molecular complexity index is 664. The molecule has 6 nitrogen and oxygen atoms in total. The van der Waals surface area contributed by atoms with Crippen molar-refractivity contribution in [3.8, 4) is 0 Å². The monoisotopic (exact) mass is 351 g/mol. The summed E-state index contributed by atoms with van der Waals surface area (Å²) in [5.41, 5.74) is 0.118. The van der Waals surface area contributed by atoms with Gasteiger partial charge in [-0.25, -0.2) is 14.8 Å². The number of carboxylic acid groups (broad SMARTS) is 1. The Morgan fingerprint density at radius 2 is 2.04 bits per heavy atom. The van der Waals surface area contributed by atoms with Crippen LogP contribution in [-0.4, -0.2) is 43.9 Å². The summed E-state index contributed by atoms with van der Waals surface area (Å²) in [6.07, 6.45) is 5.90. The summed E-state index contributed by atoms with van der Waals surface area (Å²) in [6.45, 7) is 3.87. The minimum Gasteiger partial charge on any atom is -0.480 e. The molecule has 1 aromatic rings. The third-order valence-corrected chi connectivity index (χ3v) is 5.37. The molecular weight excluding hydrogens is 330 g/mol. The summed E-state index contributed by atoms with van der Waals surface area (Å²) in [7, 11) is 0. The number of halogens is 1. The highest BCUT2D eigenvalue weighted by molar-refractivity contribution is 6.33. The summed E-state index contributed by atoms with van der Waals surface area (Å²) < 4.78 is 0. The molecular formula is C17H22ClN3O3. The lowest BCUT2D eigenvalue weighted by atomic mass is 9.84. The minimum absolute atomic E-state index is 0.0270. The van der Waals surface area contributed by atoms with Crippen LogP contribution in [-0.2, 0) is 4.79 Å². The lowest BCUT2D eigenvalue weighted by Crippen LogP contribution is -2.46. The first kappa shape index (κ1) is 17.1. The number of amides is 1. The molecule has 7 heteroatoms. The number of aromatic nitrogens is 2. The molecule has 2 aliphatic rings. The smallest absolute Gasteiger partial charge is 0.326 e. The number of hydrogen-bond acceptors (Lipinski definition) is 4. The van der Waals surface area contributed by atoms with E-state index in [4.69, 9.17) is 11.6 Å². The van der Waals surface area contributed by atoms with Crippen molar-refractivity contribution < 1.29 is 14.7 Å². The van der Waals surface area contributed by atoms with Crippen LogP contribution in [0.2, 0.25) is 5.02 Å². The van der Waals surface area contributed by atoms with Crippen molar-refractivity contribution in [3.63, 3.8) is 0 Å². The van der Waals surface area contributed by atoms with Crippen LogP contribution in [0, 0.1) is 5.92 Å². The van der Waals surface area contributed by atoms with Crippen molar-refractivity contribution in [1.82, 2.24) is 14.9 Å². The van der Waals surface area contributed by atoms with Gasteiger partial charge in [-0.2, -0.15) is 0 Å². The van der Waals surface area contributed by atoms with Gasteiger partial charge in [-0.3, -0.25) is 4.79 Å². The molecule has 1 saturated heterocycles. The summed E-state index contributed by atoms with van der Waals surface area (Å²) in [4.78, 5) is 34.8. The molecule has 1 aromatic heterocycles. The number of nitrogens with zero attached hydrogens (tertiary/aromatic N) is 3. The Hall–Kier alpha value is -1.69. The lowest BCUT2D eigenvalue weighted by Gasteiger charge is -2.33. The van der Waals surface area contributed by atoms with Crippen molar-refractivity contribution in [2.45, 2.75) is 64.0 Å². The molecule has 0 spiro atoms. The van der Waals surface area contributed by atoms with Crippen LogP contribution in [0.5, 0.6) is 0 Å². The van der Waals surface area contributed by atoms with Gasteiger partial charge < -0.3 is 10.0 Å². The van der Waals surface area contributed by atoms with Gasteiger partial charge in [0.15, 0.2) is 5.69 Å². The molecule has 130 valence electrons. The van der Waals surface area contributed by atoms with E-state index < -0.39 is 12.0 Å². The fourth-order valence-corrected chi connectivity index (χ4v) is 4.08. The second-order valence-corrected chi connectivity index (χ2v) is 7.40. The maximum Gasteiger partial charge on any atom is 0.326 e. The van der Waals surface area contributed by atoms with Crippen LogP contribution >= 0.6 is 11.6 Å². The molecule has 1 N–H and O–H groups in total. The Morgan fingerprint density at radius 3 is 2.71 bits per heavy atom. The van der Waals surface area contributed by atoms with Crippen molar-refractivity contribution in [1.29, 1.82) is 0 Å². The van der Waals surface area contributed by atoms with Crippen molar-refractivity contribution in [3.05, 3.63) is 22.7 Å². The first-order valence-electron chi connectivity index (χ1n) is 8.48. The first-order chi connectivity index (χ1) is 11.4. The number of carboxylic acids is 1. The quantitative estimate of drug-likeness (QED) is 0.904. The Labute approximate surface area is 146 Å². The summed E-state index contributed by atoms with van der Waals surface area (Å²) in [5, 5.41) is 9.75. The number of hydrogen-bond donors (Lipinski definition) is 1. The van der Waals surface area contributed by atoms with E-state index in [1.54, 1.807) is 0 Å². The number of carbonyl (C=O) groups is 2. The molecule has 3 atom stereocenters. The Morgan fingerprint density at radius 1 is 1.33 bits per heavy atom. The average Bonchev–Trinajstić information content (AvgIpc) is 2.94. The average molecular weight is 352 g/mol. The molecule has 1 amide bonds. The predicted molar refractivity (Wildman–Crippen MR) is 89.1 cm³/mol. The van der Waals surface area contributed by atoms with Crippen LogP contribution in [0.15, 0.2) is 6.20 Å². The fraction of sp³-hybridized carbons (Fsp3) is 0.647. The standard InChI is InChI=1S/C17H22ClN3O3/c1-9(2)15-19-8-11(18)14(20-15)16(22)21-12-6-4-3-5-10(12)7-13(21)17(23)24/h8-10,12-13H,3-7H2,1-2H3,(H,23,24)/t10-,12-,13+/m1/s1. The fourth-order valence-electron chi connectivity index (χ4n) is 3.90. The zero-order chi connectivity index (χ0) is 17.4. The van der Waals surface area contributed by atoms with Crippen LogP contribution < -0.4 is 0 Å². The maximum absolute atomic E-state index is 13.1. The molecule has 2 fully saturated rings. The summed E-state index contributed by atoms with van der Waals surface area (Å²) >= 11 is 6.16. The Kier molecular flexibility index (Phi) is 4.76. The number of fused-ring (bicyclic) bond motifs is 1. The van der Waals surface area contributed by atoms with Gasteiger partial charge in [-0.05, 0) is 25.2 Å². The highest BCUT2D eigenvalue weighted by Crippen LogP contribution is 2.40. The maximum atomic E-state index is 13.1. The van der Waals surface area contributed by atoms with Gasteiger partial charge in [-0.1, -0.05) is 38.3 Å². The number of rotatable bonds is 3. The third-order valence-electron chi connectivity index (χ3n) is 5.09. The third kappa shape index (κ3) is 2.99. The van der Waals surface area contributed by atoms with Gasteiger partial charge >= 0.3 is 5.97 Å². The van der Waals surface area contributed by atoms with E-state index in [9.17, 15) is 14.7 Å². The molecule has 3 rings (SSSR count). The zero-order valence-electron chi connectivity index (χ0n) is 13.9. The highest BCUT2D eigenvalue weighted by atomic mass is 35.5. The number of likely N-dealkylation sites (tertiary alicyclic amines) is 1. The molecule has 2 heterocycles. The molecule has 0 aromatic carbocycles. The van der Waals surface area contributed by atoms with Crippen molar-refractivity contribution >= 4 is 23.5 Å². The molecule has 0 unspecified atom stereocenters. The van der Waals surface area contributed by atoms with Crippen LogP contribution in [0.4, 0.5) is 0 Å². The van der Waals surface area contributed by atoms with Crippen molar-refractivity contribution in [2.24, 2.45) is 5.92 Å². The predicted octanol–water partition coefficient (Wildman–Crippen LogP) is 3.11. The van der Waals surface area contributed by atoms with Crippen LogP contribution in [0.3, 0.4) is 0 Å². The summed E-state index contributed by atoms with van der Waals surface area (Å²) in [6, 6.07) is -0.819. The van der Waals surface area contributed by atoms with Crippen LogP contribution in [0.25, 0.3) is 0 Å². The zero-order valence-corrected chi connectivity index (χ0v) is 14.7. The van der Waals surface area contributed by atoms with E-state index in [1.807, 2.05) is 13.8 Å². The van der Waals surface area contributed by atoms with Gasteiger partial charge in [0.05, 0.1) is 11.2 Å².